The summed E-state index contributed by atoms with van der Waals surface area (Å²) in [5.74, 6) is -1.16. The zero-order valence-corrected chi connectivity index (χ0v) is 10.7. The van der Waals surface area contributed by atoms with Crippen molar-refractivity contribution >= 4 is 0 Å². The zero-order chi connectivity index (χ0) is 13.8. The van der Waals surface area contributed by atoms with Crippen molar-refractivity contribution < 1.29 is 17.9 Å². The summed E-state index contributed by atoms with van der Waals surface area (Å²) >= 11 is 0. The number of piperazine rings is 1. The van der Waals surface area contributed by atoms with E-state index in [0.29, 0.717) is 12.6 Å². The van der Waals surface area contributed by atoms with E-state index in [1.165, 1.54) is 12.1 Å². The molecule has 1 saturated heterocycles. The monoisotopic (exact) mass is 274 g/mol. The van der Waals surface area contributed by atoms with E-state index in [4.69, 9.17) is 0 Å². The third-order valence-corrected chi connectivity index (χ3v) is 3.07. The van der Waals surface area contributed by atoms with Crippen LogP contribution in [-0.2, 0) is 6.54 Å². The molecular formula is C13H17F3N2O. The average Bonchev–Trinajstić information content (AvgIpc) is 2.32. The second kappa shape index (κ2) is 6.25. The lowest BCUT2D eigenvalue weighted by molar-refractivity contribution is -0.0522. The Morgan fingerprint density at radius 2 is 2.26 bits per heavy atom. The van der Waals surface area contributed by atoms with Crippen molar-refractivity contribution in [2.24, 2.45) is 0 Å². The van der Waals surface area contributed by atoms with Gasteiger partial charge >= 0.3 is 6.61 Å². The largest absolute Gasteiger partial charge is 0.432 e. The van der Waals surface area contributed by atoms with Crippen molar-refractivity contribution in [3.63, 3.8) is 0 Å². The third kappa shape index (κ3) is 4.11. The molecule has 106 valence electrons. The maximum atomic E-state index is 13.6. The normalized spacial score (nSPS) is 20.8. The molecule has 0 radical (unpaired) electrons. The lowest BCUT2D eigenvalue weighted by atomic mass is 10.1. The highest BCUT2D eigenvalue weighted by Crippen LogP contribution is 2.21. The van der Waals surface area contributed by atoms with Crippen LogP contribution in [-0.4, -0.2) is 37.2 Å². The molecule has 1 aromatic rings. The number of halogens is 3. The van der Waals surface area contributed by atoms with Gasteiger partial charge in [-0.1, -0.05) is 6.07 Å². The highest BCUT2D eigenvalue weighted by molar-refractivity contribution is 5.29. The van der Waals surface area contributed by atoms with Crippen LogP contribution in [0.4, 0.5) is 13.2 Å². The molecule has 1 fully saturated rings. The molecule has 0 spiro atoms. The Labute approximate surface area is 110 Å². The van der Waals surface area contributed by atoms with Gasteiger partial charge in [-0.15, -0.1) is 0 Å². The summed E-state index contributed by atoms with van der Waals surface area (Å²) in [7, 11) is 0. The van der Waals surface area contributed by atoms with E-state index < -0.39 is 18.2 Å². The highest BCUT2D eigenvalue weighted by Gasteiger charge is 2.16. The minimum atomic E-state index is -3.01. The zero-order valence-electron chi connectivity index (χ0n) is 10.7. The minimum absolute atomic E-state index is 0.403. The fraction of sp³-hybridized carbons (Fsp3) is 0.538. The van der Waals surface area contributed by atoms with Gasteiger partial charge < -0.3 is 10.1 Å². The molecule has 0 amide bonds. The van der Waals surface area contributed by atoms with Gasteiger partial charge in [-0.2, -0.15) is 8.78 Å². The molecule has 0 unspecified atom stereocenters. The molecule has 1 N–H and O–H groups in total. The SMILES string of the molecule is C[C@H]1CN(Cc2ccc(OC(F)F)c(F)c2)CCN1. The van der Waals surface area contributed by atoms with Crippen molar-refractivity contribution in [3.8, 4) is 5.75 Å². The quantitative estimate of drug-likeness (QED) is 0.911. The summed E-state index contributed by atoms with van der Waals surface area (Å²) < 4.78 is 41.7. The number of nitrogens with zero attached hydrogens (tertiary/aromatic N) is 1. The fourth-order valence-electron chi connectivity index (χ4n) is 2.25. The van der Waals surface area contributed by atoms with Crippen LogP contribution < -0.4 is 10.1 Å². The second-order valence-corrected chi connectivity index (χ2v) is 4.73. The molecule has 1 atom stereocenters. The van der Waals surface area contributed by atoms with Crippen LogP contribution in [0.2, 0.25) is 0 Å². The topological polar surface area (TPSA) is 24.5 Å². The molecule has 0 aromatic heterocycles. The van der Waals surface area contributed by atoms with E-state index in [-0.39, 0.29) is 0 Å². The van der Waals surface area contributed by atoms with Crippen molar-refractivity contribution in [2.75, 3.05) is 19.6 Å². The molecule has 1 aromatic carbocycles. The molecule has 0 bridgehead atoms. The molecule has 1 heterocycles. The van der Waals surface area contributed by atoms with Crippen LogP contribution in [0.3, 0.4) is 0 Å². The van der Waals surface area contributed by atoms with Gasteiger partial charge in [0.15, 0.2) is 11.6 Å². The molecular weight excluding hydrogens is 257 g/mol. The molecule has 0 saturated carbocycles. The Hall–Kier alpha value is -1.27. The summed E-state index contributed by atoms with van der Waals surface area (Å²) in [6.45, 7) is 2.37. The Balaban J connectivity index is 1.99. The number of hydrogen-bond acceptors (Lipinski definition) is 3. The Morgan fingerprint density at radius 1 is 1.47 bits per heavy atom. The van der Waals surface area contributed by atoms with Crippen LogP contribution >= 0.6 is 0 Å². The highest BCUT2D eigenvalue weighted by atomic mass is 19.3. The Morgan fingerprint density at radius 3 is 2.89 bits per heavy atom. The molecule has 19 heavy (non-hydrogen) atoms. The van der Waals surface area contributed by atoms with E-state index in [1.54, 1.807) is 6.07 Å². The molecule has 1 aliphatic heterocycles. The average molecular weight is 274 g/mol. The molecule has 2 rings (SSSR count). The standard InChI is InChI=1S/C13H17F3N2O/c1-9-7-18(5-4-17-9)8-10-2-3-12(11(14)6-10)19-13(15)16/h2-3,6,9,13,17H,4-5,7-8H2,1H3/t9-/m0/s1. The lowest BCUT2D eigenvalue weighted by Crippen LogP contribution is -2.48. The van der Waals surface area contributed by atoms with E-state index in [1.807, 2.05) is 0 Å². The van der Waals surface area contributed by atoms with E-state index in [9.17, 15) is 13.2 Å². The number of rotatable bonds is 4. The van der Waals surface area contributed by atoms with Gasteiger partial charge in [0.1, 0.15) is 0 Å². The number of ether oxygens (including phenoxy) is 1. The summed E-state index contributed by atoms with van der Waals surface area (Å²) in [5, 5.41) is 3.32. The Bertz CT molecular complexity index is 428. The third-order valence-electron chi connectivity index (χ3n) is 3.07. The second-order valence-electron chi connectivity index (χ2n) is 4.73. The molecule has 0 aliphatic carbocycles. The predicted octanol–water partition coefficient (Wildman–Crippen LogP) is 2.22. The fourth-order valence-corrected chi connectivity index (χ4v) is 2.25. The van der Waals surface area contributed by atoms with Crippen molar-refractivity contribution in [2.45, 2.75) is 26.1 Å². The number of hydrogen-bond donors (Lipinski definition) is 1. The van der Waals surface area contributed by atoms with Gasteiger partial charge in [0.2, 0.25) is 0 Å². The molecule has 6 heteroatoms. The maximum absolute atomic E-state index is 13.6. The van der Waals surface area contributed by atoms with Crippen molar-refractivity contribution in [1.29, 1.82) is 0 Å². The van der Waals surface area contributed by atoms with Crippen LogP contribution in [0.5, 0.6) is 5.75 Å². The first-order chi connectivity index (χ1) is 9.04. The lowest BCUT2D eigenvalue weighted by Gasteiger charge is -2.31. The van der Waals surface area contributed by atoms with E-state index in [0.717, 1.165) is 25.2 Å². The van der Waals surface area contributed by atoms with E-state index in [2.05, 4.69) is 21.9 Å². The van der Waals surface area contributed by atoms with Crippen LogP contribution in [0.1, 0.15) is 12.5 Å². The van der Waals surface area contributed by atoms with Gasteiger partial charge in [-0.3, -0.25) is 4.90 Å². The summed E-state index contributed by atoms with van der Waals surface area (Å²) in [6, 6.07) is 4.53. The van der Waals surface area contributed by atoms with Gasteiger partial charge in [0, 0.05) is 32.2 Å². The number of nitrogens with one attached hydrogen (secondary N) is 1. The minimum Gasteiger partial charge on any atom is -0.432 e. The van der Waals surface area contributed by atoms with Crippen LogP contribution in [0, 0.1) is 5.82 Å². The first kappa shape index (κ1) is 14.1. The summed E-state index contributed by atoms with van der Waals surface area (Å²) in [4.78, 5) is 2.20. The molecule has 1 aliphatic rings. The predicted molar refractivity (Wildman–Crippen MR) is 65.8 cm³/mol. The van der Waals surface area contributed by atoms with Gasteiger partial charge in [0.05, 0.1) is 0 Å². The van der Waals surface area contributed by atoms with Gasteiger partial charge in [-0.25, -0.2) is 4.39 Å². The maximum Gasteiger partial charge on any atom is 0.387 e. The number of benzene rings is 1. The van der Waals surface area contributed by atoms with Crippen LogP contribution in [0.15, 0.2) is 18.2 Å². The smallest absolute Gasteiger partial charge is 0.387 e. The molecule has 3 nitrogen and oxygen atoms in total. The van der Waals surface area contributed by atoms with Crippen LogP contribution in [0.25, 0.3) is 0 Å². The number of alkyl halides is 2. The van der Waals surface area contributed by atoms with Gasteiger partial charge in [0.25, 0.3) is 0 Å². The Kier molecular flexibility index (Phi) is 4.66. The summed E-state index contributed by atoms with van der Waals surface area (Å²) in [6.07, 6.45) is 0. The van der Waals surface area contributed by atoms with Crippen molar-refractivity contribution in [3.05, 3.63) is 29.6 Å². The summed E-state index contributed by atoms with van der Waals surface area (Å²) in [5.41, 5.74) is 0.758. The van der Waals surface area contributed by atoms with Crippen molar-refractivity contribution in [1.82, 2.24) is 10.2 Å². The van der Waals surface area contributed by atoms with E-state index >= 15 is 0 Å². The first-order valence-corrected chi connectivity index (χ1v) is 6.23. The van der Waals surface area contributed by atoms with Gasteiger partial charge in [-0.05, 0) is 24.6 Å². The first-order valence-electron chi connectivity index (χ1n) is 6.23.